The van der Waals surface area contributed by atoms with Gasteiger partial charge in [-0.15, -0.1) is 6.58 Å². The van der Waals surface area contributed by atoms with Crippen LogP contribution < -0.4 is 5.73 Å². The molecule has 116 valence electrons. The van der Waals surface area contributed by atoms with Crippen molar-refractivity contribution in [2.45, 2.75) is 24.9 Å². The van der Waals surface area contributed by atoms with Crippen LogP contribution in [0.25, 0.3) is 0 Å². The second-order valence-electron chi connectivity index (χ2n) is 6.06. The minimum Gasteiger partial charge on any atom is -0.320 e. The zero-order chi connectivity index (χ0) is 15.5. The van der Waals surface area contributed by atoms with E-state index >= 15 is 0 Å². The summed E-state index contributed by atoms with van der Waals surface area (Å²) in [5, 5.41) is 0. The van der Waals surface area contributed by atoms with Crippen molar-refractivity contribution in [2.24, 2.45) is 5.73 Å². The Morgan fingerprint density at radius 2 is 1.86 bits per heavy atom. The Morgan fingerprint density at radius 3 is 2.38 bits per heavy atom. The molecule has 0 radical (unpaired) electrons. The SMILES string of the molecule is C=CCC(N)(c1ccc(F)cc1)C(C)N1CCN(C)CC1. The first kappa shape index (κ1) is 16.1. The van der Waals surface area contributed by atoms with Crippen molar-refractivity contribution < 1.29 is 4.39 Å². The van der Waals surface area contributed by atoms with E-state index in [1.807, 2.05) is 6.08 Å². The molecule has 0 bridgehead atoms. The average molecular weight is 291 g/mol. The smallest absolute Gasteiger partial charge is 0.123 e. The molecule has 1 aromatic carbocycles. The number of likely N-dealkylation sites (N-methyl/N-ethyl adjacent to an activating group) is 1. The molecule has 3 nitrogen and oxygen atoms in total. The molecular weight excluding hydrogens is 265 g/mol. The van der Waals surface area contributed by atoms with E-state index in [1.165, 1.54) is 12.1 Å². The van der Waals surface area contributed by atoms with Gasteiger partial charge in [0.15, 0.2) is 0 Å². The Morgan fingerprint density at radius 1 is 1.29 bits per heavy atom. The minimum atomic E-state index is -0.536. The number of piperazine rings is 1. The van der Waals surface area contributed by atoms with Crippen LogP contribution >= 0.6 is 0 Å². The summed E-state index contributed by atoms with van der Waals surface area (Å²) in [5.41, 5.74) is 7.17. The van der Waals surface area contributed by atoms with Gasteiger partial charge in [-0.2, -0.15) is 0 Å². The molecule has 1 saturated heterocycles. The maximum atomic E-state index is 13.2. The Bertz CT molecular complexity index is 465. The lowest BCUT2D eigenvalue weighted by Crippen LogP contribution is -2.58. The first-order valence-corrected chi connectivity index (χ1v) is 7.56. The third-order valence-electron chi connectivity index (χ3n) is 4.69. The van der Waals surface area contributed by atoms with Gasteiger partial charge in [0.2, 0.25) is 0 Å². The van der Waals surface area contributed by atoms with Gasteiger partial charge >= 0.3 is 0 Å². The number of hydrogen-bond donors (Lipinski definition) is 1. The maximum absolute atomic E-state index is 13.2. The van der Waals surface area contributed by atoms with Crippen LogP contribution in [-0.2, 0) is 5.54 Å². The molecule has 2 unspecified atom stereocenters. The minimum absolute atomic E-state index is 0.176. The number of rotatable bonds is 5. The lowest BCUT2D eigenvalue weighted by molar-refractivity contribution is 0.0761. The van der Waals surface area contributed by atoms with Crippen molar-refractivity contribution in [1.29, 1.82) is 0 Å². The largest absolute Gasteiger partial charge is 0.320 e. The summed E-state index contributed by atoms with van der Waals surface area (Å²) in [6, 6.07) is 6.74. The number of hydrogen-bond acceptors (Lipinski definition) is 3. The molecule has 2 atom stereocenters. The van der Waals surface area contributed by atoms with Crippen LogP contribution in [0.1, 0.15) is 18.9 Å². The van der Waals surface area contributed by atoms with E-state index < -0.39 is 5.54 Å². The molecule has 1 aliphatic rings. The Labute approximate surface area is 127 Å². The summed E-state index contributed by atoms with van der Waals surface area (Å²) in [4.78, 5) is 4.75. The monoisotopic (exact) mass is 291 g/mol. The molecule has 0 spiro atoms. The van der Waals surface area contributed by atoms with Crippen molar-refractivity contribution in [2.75, 3.05) is 33.2 Å². The quantitative estimate of drug-likeness (QED) is 0.844. The van der Waals surface area contributed by atoms with Gasteiger partial charge in [-0.3, -0.25) is 4.90 Å². The summed E-state index contributed by atoms with van der Waals surface area (Å²) in [6.07, 6.45) is 2.53. The molecule has 0 aliphatic carbocycles. The molecule has 0 aromatic heterocycles. The molecule has 1 aliphatic heterocycles. The lowest BCUT2D eigenvalue weighted by atomic mass is 9.80. The topological polar surface area (TPSA) is 32.5 Å². The van der Waals surface area contributed by atoms with Crippen molar-refractivity contribution in [3.8, 4) is 0 Å². The van der Waals surface area contributed by atoms with Crippen LogP contribution in [0.4, 0.5) is 4.39 Å². The van der Waals surface area contributed by atoms with Gasteiger partial charge in [0, 0.05) is 32.2 Å². The number of nitrogens with two attached hydrogens (primary N) is 1. The van der Waals surface area contributed by atoms with Gasteiger partial charge in [-0.05, 0) is 38.1 Å². The van der Waals surface area contributed by atoms with E-state index in [2.05, 4.69) is 30.4 Å². The normalized spacial score (nSPS) is 21.7. The second-order valence-corrected chi connectivity index (χ2v) is 6.06. The van der Waals surface area contributed by atoms with E-state index in [-0.39, 0.29) is 11.9 Å². The lowest BCUT2D eigenvalue weighted by Gasteiger charge is -2.45. The predicted molar refractivity (Wildman–Crippen MR) is 85.6 cm³/mol. The number of benzene rings is 1. The van der Waals surface area contributed by atoms with Crippen molar-refractivity contribution in [3.63, 3.8) is 0 Å². The van der Waals surface area contributed by atoms with Crippen LogP contribution in [0.2, 0.25) is 0 Å². The Balaban J connectivity index is 2.23. The molecule has 2 rings (SSSR count). The van der Waals surface area contributed by atoms with Gasteiger partial charge in [0.05, 0.1) is 5.54 Å². The molecule has 1 fully saturated rings. The van der Waals surface area contributed by atoms with E-state index in [1.54, 1.807) is 12.1 Å². The highest BCUT2D eigenvalue weighted by molar-refractivity contribution is 5.28. The van der Waals surface area contributed by atoms with Gasteiger partial charge in [0.1, 0.15) is 5.82 Å². The van der Waals surface area contributed by atoms with Gasteiger partial charge in [-0.1, -0.05) is 18.2 Å². The maximum Gasteiger partial charge on any atom is 0.123 e. The zero-order valence-corrected chi connectivity index (χ0v) is 13.1. The highest BCUT2D eigenvalue weighted by atomic mass is 19.1. The third kappa shape index (κ3) is 3.51. The van der Waals surface area contributed by atoms with E-state index in [4.69, 9.17) is 5.73 Å². The summed E-state index contributed by atoms with van der Waals surface area (Å²) in [5.74, 6) is -0.230. The van der Waals surface area contributed by atoms with Crippen LogP contribution in [0.5, 0.6) is 0 Å². The van der Waals surface area contributed by atoms with Crippen molar-refractivity contribution >= 4 is 0 Å². The third-order valence-corrected chi connectivity index (χ3v) is 4.69. The standard InChI is InChI=1S/C17H26FN3/c1-4-9-17(19,15-5-7-16(18)8-6-15)14(2)21-12-10-20(3)11-13-21/h4-8,14H,1,9-13,19H2,2-3H3. The van der Waals surface area contributed by atoms with Crippen LogP contribution in [0.3, 0.4) is 0 Å². The fourth-order valence-electron chi connectivity index (χ4n) is 3.06. The summed E-state index contributed by atoms with van der Waals surface area (Å²) in [6.45, 7) is 10.1. The molecular formula is C17H26FN3. The number of nitrogens with zero attached hydrogens (tertiary/aromatic N) is 2. The van der Waals surface area contributed by atoms with Crippen LogP contribution in [0, 0.1) is 5.82 Å². The van der Waals surface area contributed by atoms with Crippen LogP contribution in [0.15, 0.2) is 36.9 Å². The van der Waals surface area contributed by atoms with Crippen molar-refractivity contribution in [3.05, 3.63) is 48.3 Å². The van der Waals surface area contributed by atoms with Gasteiger partial charge < -0.3 is 10.6 Å². The molecule has 2 N–H and O–H groups in total. The molecule has 1 heterocycles. The van der Waals surface area contributed by atoms with Gasteiger partial charge in [-0.25, -0.2) is 4.39 Å². The molecule has 0 amide bonds. The molecule has 4 heteroatoms. The van der Waals surface area contributed by atoms with E-state index in [9.17, 15) is 4.39 Å². The zero-order valence-electron chi connectivity index (χ0n) is 13.1. The average Bonchev–Trinajstić information content (AvgIpc) is 2.48. The second kappa shape index (κ2) is 6.69. The predicted octanol–water partition coefficient (Wildman–Crippen LogP) is 2.19. The highest BCUT2D eigenvalue weighted by Crippen LogP contribution is 2.30. The van der Waals surface area contributed by atoms with Gasteiger partial charge in [0.25, 0.3) is 0 Å². The van der Waals surface area contributed by atoms with E-state index in [0.717, 1.165) is 31.7 Å². The first-order chi connectivity index (χ1) is 9.97. The summed E-state index contributed by atoms with van der Waals surface area (Å²) in [7, 11) is 2.14. The fourth-order valence-corrected chi connectivity index (χ4v) is 3.06. The Kier molecular flexibility index (Phi) is 5.14. The summed E-state index contributed by atoms with van der Waals surface area (Å²) < 4.78 is 13.2. The highest BCUT2D eigenvalue weighted by Gasteiger charge is 2.37. The van der Waals surface area contributed by atoms with Crippen LogP contribution in [-0.4, -0.2) is 49.1 Å². The summed E-state index contributed by atoms with van der Waals surface area (Å²) >= 11 is 0. The van der Waals surface area contributed by atoms with Crippen molar-refractivity contribution in [1.82, 2.24) is 9.80 Å². The molecule has 21 heavy (non-hydrogen) atoms. The Hall–Kier alpha value is -1.23. The molecule has 1 aromatic rings. The van der Waals surface area contributed by atoms with E-state index in [0.29, 0.717) is 6.42 Å². The fraction of sp³-hybridized carbons (Fsp3) is 0.529. The molecule has 0 saturated carbocycles. The first-order valence-electron chi connectivity index (χ1n) is 7.56. The number of halogens is 1.